The van der Waals surface area contributed by atoms with Gasteiger partial charge in [-0.05, 0) is 60.7 Å². The van der Waals surface area contributed by atoms with Crippen molar-refractivity contribution in [3.8, 4) is 5.75 Å². The van der Waals surface area contributed by atoms with Crippen LogP contribution in [-0.4, -0.2) is 72.6 Å². The molecule has 0 radical (unpaired) electrons. The molecule has 0 spiro atoms. The molecule has 2 aliphatic rings. The molecule has 1 N–H and O–H groups in total. The van der Waals surface area contributed by atoms with Crippen LogP contribution in [-0.2, 0) is 14.3 Å². The fraction of sp³-hybridized carbons (Fsp3) is 0.448. The van der Waals surface area contributed by atoms with Gasteiger partial charge in [0.05, 0.1) is 31.4 Å². The quantitative estimate of drug-likeness (QED) is 0.308. The number of likely N-dealkylation sites (tertiary alicyclic amines) is 1. The Kier molecular flexibility index (Phi) is 8.61. The summed E-state index contributed by atoms with van der Waals surface area (Å²) in [6.07, 6.45) is 0.658. The molecule has 2 aromatic rings. The lowest BCUT2D eigenvalue weighted by Crippen LogP contribution is -2.38. The van der Waals surface area contributed by atoms with E-state index in [9.17, 15) is 19.1 Å². The lowest BCUT2D eigenvalue weighted by molar-refractivity contribution is -0.140. The number of hydrogen-bond donors (Lipinski definition) is 1. The van der Waals surface area contributed by atoms with Crippen LogP contribution in [0, 0.1) is 18.7 Å². The lowest BCUT2D eigenvalue weighted by atomic mass is 9.94. The van der Waals surface area contributed by atoms with Gasteiger partial charge in [0, 0.05) is 31.7 Å². The maximum atomic E-state index is 13.7. The van der Waals surface area contributed by atoms with Gasteiger partial charge >= 0.3 is 0 Å². The zero-order valence-electron chi connectivity index (χ0n) is 21.7. The highest BCUT2D eigenvalue weighted by atomic mass is 19.1. The van der Waals surface area contributed by atoms with Crippen LogP contribution in [0.3, 0.4) is 0 Å². The van der Waals surface area contributed by atoms with E-state index in [2.05, 4.69) is 18.7 Å². The van der Waals surface area contributed by atoms with E-state index in [1.807, 2.05) is 13.0 Å². The molecule has 0 aromatic heterocycles. The van der Waals surface area contributed by atoms with Crippen LogP contribution in [0.25, 0.3) is 5.76 Å². The Morgan fingerprint density at radius 3 is 2.46 bits per heavy atom. The fourth-order valence-corrected chi connectivity index (χ4v) is 4.79. The highest BCUT2D eigenvalue weighted by Crippen LogP contribution is 2.40. The number of halogens is 1. The predicted octanol–water partition coefficient (Wildman–Crippen LogP) is 4.31. The molecule has 0 bridgehead atoms. The number of Topliss-reactive ketones (excluding diaryl/α,β-unsaturated/α-hetero) is 1. The Morgan fingerprint density at radius 2 is 1.81 bits per heavy atom. The van der Waals surface area contributed by atoms with E-state index in [0.717, 1.165) is 25.2 Å². The number of benzene rings is 2. The number of aryl methyl sites for hydroxylation is 1. The van der Waals surface area contributed by atoms with Crippen molar-refractivity contribution in [3.05, 3.63) is 70.5 Å². The van der Waals surface area contributed by atoms with Gasteiger partial charge in [-0.3, -0.25) is 14.5 Å². The number of nitrogens with zero attached hydrogens (tertiary/aromatic N) is 2. The number of ether oxygens (including phenoxy) is 2. The molecule has 2 aliphatic heterocycles. The average Bonchev–Trinajstić information content (AvgIpc) is 3.13. The van der Waals surface area contributed by atoms with Crippen LogP contribution in [0.2, 0.25) is 0 Å². The van der Waals surface area contributed by atoms with Crippen LogP contribution in [0.1, 0.15) is 43.0 Å². The summed E-state index contributed by atoms with van der Waals surface area (Å²) in [5.74, 6) is -1.02. The Balaban J connectivity index is 1.65. The van der Waals surface area contributed by atoms with Gasteiger partial charge in [0.25, 0.3) is 11.7 Å². The molecule has 2 fully saturated rings. The molecule has 0 aliphatic carbocycles. The molecule has 1 atom stereocenters. The summed E-state index contributed by atoms with van der Waals surface area (Å²) in [6.45, 7) is 10.6. The summed E-state index contributed by atoms with van der Waals surface area (Å²) in [5, 5.41) is 11.4. The summed E-state index contributed by atoms with van der Waals surface area (Å²) in [7, 11) is 0. The van der Waals surface area contributed by atoms with Gasteiger partial charge in [-0.15, -0.1) is 0 Å². The molecule has 198 valence electrons. The zero-order valence-corrected chi connectivity index (χ0v) is 21.7. The molecule has 0 saturated carbocycles. The van der Waals surface area contributed by atoms with Crippen molar-refractivity contribution in [2.24, 2.45) is 5.92 Å². The molecule has 7 nitrogen and oxygen atoms in total. The molecule has 4 rings (SSSR count). The van der Waals surface area contributed by atoms with Crippen LogP contribution in [0.4, 0.5) is 4.39 Å². The van der Waals surface area contributed by atoms with E-state index in [1.54, 1.807) is 24.3 Å². The molecule has 2 aromatic carbocycles. The normalized spacial score (nSPS) is 20.1. The van der Waals surface area contributed by atoms with Gasteiger partial charge in [0.1, 0.15) is 17.3 Å². The molecular formula is C29H35FN2O5. The van der Waals surface area contributed by atoms with Crippen LogP contribution < -0.4 is 4.74 Å². The number of hydrogen-bond acceptors (Lipinski definition) is 6. The summed E-state index contributed by atoms with van der Waals surface area (Å²) >= 11 is 0. The summed E-state index contributed by atoms with van der Waals surface area (Å²) in [5.41, 5.74) is 1.76. The van der Waals surface area contributed by atoms with E-state index in [1.165, 1.54) is 17.0 Å². The third-order valence-electron chi connectivity index (χ3n) is 6.74. The van der Waals surface area contributed by atoms with Gasteiger partial charge in [0.2, 0.25) is 0 Å². The summed E-state index contributed by atoms with van der Waals surface area (Å²) < 4.78 is 24.9. The Hall–Kier alpha value is -3.23. The largest absolute Gasteiger partial charge is 0.507 e. The van der Waals surface area contributed by atoms with Crippen molar-refractivity contribution >= 4 is 17.4 Å². The number of aliphatic hydroxyl groups is 1. The summed E-state index contributed by atoms with van der Waals surface area (Å²) in [6, 6.07) is 10.2. The maximum Gasteiger partial charge on any atom is 0.295 e. The van der Waals surface area contributed by atoms with Gasteiger partial charge in [-0.2, -0.15) is 0 Å². The number of carbonyl (C=O) groups is 2. The van der Waals surface area contributed by atoms with E-state index < -0.39 is 23.5 Å². The van der Waals surface area contributed by atoms with Crippen molar-refractivity contribution in [2.45, 2.75) is 33.2 Å². The van der Waals surface area contributed by atoms with Gasteiger partial charge in [0.15, 0.2) is 0 Å². The number of carbonyl (C=O) groups excluding carboxylic acids is 2. The summed E-state index contributed by atoms with van der Waals surface area (Å²) in [4.78, 5) is 30.2. The first-order valence-electron chi connectivity index (χ1n) is 12.8. The molecule has 1 amide bonds. The zero-order chi connectivity index (χ0) is 26.5. The van der Waals surface area contributed by atoms with E-state index in [-0.39, 0.29) is 11.3 Å². The smallest absolute Gasteiger partial charge is 0.295 e. The number of morpholine rings is 1. The Bertz CT molecular complexity index is 1160. The molecular weight excluding hydrogens is 475 g/mol. The Labute approximate surface area is 217 Å². The molecule has 37 heavy (non-hydrogen) atoms. The number of rotatable bonds is 9. The maximum absolute atomic E-state index is 13.7. The predicted molar refractivity (Wildman–Crippen MR) is 139 cm³/mol. The first-order valence-corrected chi connectivity index (χ1v) is 12.8. The molecule has 1 unspecified atom stereocenters. The minimum atomic E-state index is -0.804. The second-order valence-corrected chi connectivity index (χ2v) is 10.0. The average molecular weight is 511 g/mol. The topological polar surface area (TPSA) is 79.3 Å². The number of ketones is 1. The second-order valence-electron chi connectivity index (χ2n) is 10.0. The van der Waals surface area contributed by atoms with Gasteiger partial charge < -0.3 is 19.5 Å². The molecule has 8 heteroatoms. The second kappa shape index (κ2) is 11.9. The van der Waals surface area contributed by atoms with Crippen molar-refractivity contribution < 1.29 is 28.6 Å². The van der Waals surface area contributed by atoms with Crippen molar-refractivity contribution in [2.75, 3.05) is 46.0 Å². The minimum Gasteiger partial charge on any atom is -0.507 e. The third-order valence-corrected chi connectivity index (χ3v) is 6.74. The van der Waals surface area contributed by atoms with Crippen molar-refractivity contribution in [3.63, 3.8) is 0 Å². The first-order chi connectivity index (χ1) is 17.8. The highest BCUT2D eigenvalue weighted by molar-refractivity contribution is 6.46. The SMILES string of the molecule is Cc1cc(OCC(C)C)ccc1C(O)=C1C(=O)C(=O)N(CCCN2CCOCC2)C1c1ccc(F)cc1. The molecule has 2 saturated heterocycles. The number of amides is 1. The fourth-order valence-electron chi connectivity index (χ4n) is 4.79. The van der Waals surface area contributed by atoms with E-state index in [0.29, 0.717) is 55.6 Å². The third kappa shape index (κ3) is 6.19. The first kappa shape index (κ1) is 26.8. The van der Waals surface area contributed by atoms with Crippen LogP contribution in [0.5, 0.6) is 5.75 Å². The number of aliphatic hydroxyl groups excluding tert-OH is 1. The van der Waals surface area contributed by atoms with E-state index >= 15 is 0 Å². The minimum absolute atomic E-state index is 0.0157. The Morgan fingerprint density at radius 1 is 1.11 bits per heavy atom. The monoisotopic (exact) mass is 510 g/mol. The van der Waals surface area contributed by atoms with Gasteiger partial charge in [-0.25, -0.2) is 4.39 Å². The molecule has 2 heterocycles. The van der Waals surface area contributed by atoms with E-state index in [4.69, 9.17) is 9.47 Å². The van der Waals surface area contributed by atoms with Crippen LogP contribution >= 0.6 is 0 Å². The standard InChI is InChI=1S/C29H35FN2O5/c1-19(2)18-37-23-9-10-24(20(3)17-23)27(33)25-26(21-5-7-22(30)8-6-21)32(29(35)28(25)34)12-4-11-31-13-15-36-16-14-31/h5-10,17,19,26,33H,4,11-16,18H2,1-3H3. The lowest BCUT2D eigenvalue weighted by Gasteiger charge is -2.29. The van der Waals surface area contributed by atoms with Crippen molar-refractivity contribution in [1.29, 1.82) is 0 Å². The van der Waals surface area contributed by atoms with Gasteiger partial charge in [-0.1, -0.05) is 26.0 Å². The van der Waals surface area contributed by atoms with Crippen LogP contribution in [0.15, 0.2) is 48.0 Å². The highest BCUT2D eigenvalue weighted by Gasteiger charge is 2.46. The van der Waals surface area contributed by atoms with Crippen molar-refractivity contribution in [1.82, 2.24) is 9.80 Å².